The van der Waals surface area contributed by atoms with Gasteiger partial charge in [-0.3, -0.25) is 4.79 Å². The van der Waals surface area contributed by atoms with Gasteiger partial charge >= 0.3 is 6.18 Å². The molecular weight excluding hydrogens is 401 g/mol. The molecule has 0 bridgehead atoms. The lowest BCUT2D eigenvalue weighted by Crippen LogP contribution is -2.39. The predicted molar refractivity (Wildman–Crippen MR) is 109 cm³/mol. The summed E-state index contributed by atoms with van der Waals surface area (Å²) >= 11 is 6.15. The molecule has 2 aromatic carbocycles. The number of anilines is 1. The fourth-order valence-corrected chi connectivity index (χ4v) is 3.59. The van der Waals surface area contributed by atoms with Gasteiger partial charge in [-0.25, -0.2) is 4.98 Å². The summed E-state index contributed by atoms with van der Waals surface area (Å²) in [5, 5.41) is 3.82. The third-order valence-electron chi connectivity index (χ3n) is 4.81. The van der Waals surface area contributed by atoms with E-state index in [1.165, 1.54) is 6.92 Å². The van der Waals surface area contributed by atoms with Gasteiger partial charge in [0.05, 0.1) is 33.8 Å². The number of fused-ring (bicyclic) bond motifs is 1. The molecule has 1 heterocycles. The zero-order chi connectivity index (χ0) is 21.2. The van der Waals surface area contributed by atoms with Crippen molar-refractivity contribution in [3.05, 3.63) is 70.9 Å². The van der Waals surface area contributed by atoms with Crippen LogP contribution < -0.4 is 5.32 Å². The van der Waals surface area contributed by atoms with Crippen LogP contribution >= 0.6 is 11.6 Å². The molecule has 0 radical (unpaired) electrons. The number of aromatic nitrogens is 1. The Balaban J connectivity index is 1.94. The number of rotatable bonds is 5. The predicted octanol–water partition coefficient (Wildman–Crippen LogP) is 6.34. The van der Waals surface area contributed by atoms with Crippen molar-refractivity contribution < 1.29 is 18.0 Å². The number of hydrogen-bond acceptors (Lipinski definition) is 2. The van der Waals surface area contributed by atoms with E-state index in [0.717, 1.165) is 0 Å². The van der Waals surface area contributed by atoms with Gasteiger partial charge in [0.2, 0.25) is 5.91 Å². The van der Waals surface area contributed by atoms with E-state index in [1.807, 2.05) is 0 Å². The second-order valence-electron chi connectivity index (χ2n) is 7.40. The van der Waals surface area contributed by atoms with Crippen molar-refractivity contribution in [1.29, 1.82) is 0 Å². The number of pyridine rings is 1. The monoisotopic (exact) mass is 420 g/mol. The first-order valence-corrected chi connectivity index (χ1v) is 9.43. The molecular formula is C22H20ClF3N2O. The summed E-state index contributed by atoms with van der Waals surface area (Å²) in [6.07, 6.45) is -5.75. The Morgan fingerprint density at radius 1 is 1.10 bits per heavy atom. The summed E-state index contributed by atoms with van der Waals surface area (Å²) in [5.41, 5.74) is 0.413. The Morgan fingerprint density at radius 2 is 1.79 bits per heavy atom. The van der Waals surface area contributed by atoms with Gasteiger partial charge in [0.25, 0.3) is 0 Å². The number of halogens is 4. The number of carbonyl (C=O) groups is 1. The number of para-hydroxylation sites is 1. The van der Waals surface area contributed by atoms with Gasteiger partial charge in [-0.05, 0) is 31.0 Å². The summed E-state index contributed by atoms with van der Waals surface area (Å²) < 4.78 is 39.8. The third-order valence-corrected chi connectivity index (χ3v) is 5.12. The van der Waals surface area contributed by atoms with Crippen LogP contribution in [-0.2, 0) is 11.2 Å². The van der Waals surface area contributed by atoms with Gasteiger partial charge in [0.1, 0.15) is 0 Å². The maximum absolute atomic E-state index is 13.3. The number of amides is 1. The average Bonchev–Trinajstić information content (AvgIpc) is 2.62. The smallest absolute Gasteiger partial charge is 0.324 e. The topological polar surface area (TPSA) is 42.0 Å². The normalized spacial score (nSPS) is 13.9. The fourth-order valence-electron chi connectivity index (χ4n) is 3.37. The molecule has 3 aromatic rings. The van der Waals surface area contributed by atoms with E-state index in [2.05, 4.69) is 10.3 Å². The van der Waals surface area contributed by atoms with E-state index < -0.39 is 23.9 Å². The maximum Gasteiger partial charge on any atom is 0.390 e. The van der Waals surface area contributed by atoms with E-state index in [4.69, 9.17) is 11.6 Å². The van der Waals surface area contributed by atoms with Gasteiger partial charge in [-0.1, -0.05) is 61.0 Å². The minimum atomic E-state index is -4.48. The van der Waals surface area contributed by atoms with Crippen LogP contribution in [0.2, 0.25) is 5.02 Å². The summed E-state index contributed by atoms with van der Waals surface area (Å²) in [5.74, 6) is -0.704. The van der Waals surface area contributed by atoms with Crippen molar-refractivity contribution in [1.82, 2.24) is 4.98 Å². The molecule has 7 heteroatoms. The first kappa shape index (κ1) is 21.1. The molecule has 29 heavy (non-hydrogen) atoms. The summed E-state index contributed by atoms with van der Waals surface area (Å²) in [6.45, 7) is 3.01. The van der Waals surface area contributed by atoms with Crippen molar-refractivity contribution in [2.45, 2.75) is 32.9 Å². The first-order valence-electron chi connectivity index (χ1n) is 9.05. The van der Waals surface area contributed by atoms with E-state index in [0.29, 0.717) is 32.9 Å². The maximum atomic E-state index is 13.3. The van der Waals surface area contributed by atoms with Crippen LogP contribution in [-0.4, -0.2) is 17.1 Å². The Morgan fingerprint density at radius 3 is 2.45 bits per heavy atom. The van der Waals surface area contributed by atoms with Crippen molar-refractivity contribution in [2.75, 3.05) is 5.32 Å². The molecule has 152 valence electrons. The molecule has 0 saturated carbocycles. The molecule has 1 atom stereocenters. The highest BCUT2D eigenvalue weighted by molar-refractivity contribution is 6.35. The van der Waals surface area contributed by atoms with Gasteiger partial charge in [0, 0.05) is 5.39 Å². The summed E-state index contributed by atoms with van der Waals surface area (Å²) in [7, 11) is 0. The molecule has 3 nitrogen and oxygen atoms in total. The molecule has 1 amide bonds. The highest BCUT2D eigenvalue weighted by atomic mass is 35.5. The standard InChI is InChI=1S/C22H20ClF3N2O/c1-14-18(11-16-9-6-10-17(23)19(16)27-14)28-20(29)21(2,13-22(24,25)26)12-15-7-4-3-5-8-15/h3-11H,12-13H2,1-2H3,(H,28,29). The van der Waals surface area contributed by atoms with E-state index in [1.54, 1.807) is 61.5 Å². The average molecular weight is 421 g/mol. The number of nitrogens with zero attached hydrogens (tertiary/aromatic N) is 1. The number of nitrogens with one attached hydrogen (secondary N) is 1. The number of aryl methyl sites for hydroxylation is 1. The van der Waals surface area contributed by atoms with Gasteiger partial charge < -0.3 is 5.32 Å². The minimum Gasteiger partial charge on any atom is -0.324 e. The molecule has 1 N–H and O–H groups in total. The molecule has 0 saturated heterocycles. The van der Waals surface area contributed by atoms with Gasteiger partial charge in [-0.2, -0.15) is 13.2 Å². The second-order valence-corrected chi connectivity index (χ2v) is 7.81. The van der Waals surface area contributed by atoms with Crippen molar-refractivity contribution in [2.24, 2.45) is 5.41 Å². The Labute approximate surface area is 171 Å². The quantitative estimate of drug-likeness (QED) is 0.523. The largest absolute Gasteiger partial charge is 0.390 e. The number of alkyl halides is 3. The van der Waals surface area contributed by atoms with Crippen molar-refractivity contribution >= 4 is 34.1 Å². The van der Waals surface area contributed by atoms with Crippen LogP contribution in [0.1, 0.15) is 24.6 Å². The molecule has 0 fully saturated rings. The number of carbonyl (C=O) groups excluding carboxylic acids is 1. The molecule has 0 aliphatic carbocycles. The van der Waals surface area contributed by atoms with Crippen LogP contribution in [0.3, 0.4) is 0 Å². The number of hydrogen-bond donors (Lipinski definition) is 1. The number of benzene rings is 2. The van der Waals surface area contributed by atoms with Gasteiger partial charge in [0.15, 0.2) is 0 Å². The Hall–Kier alpha value is -2.60. The molecule has 3 rings (SSSR count). The van der Waals surface area contributed by atoms with E-state index >= 15 is 0 Å². The van der Waals surface area contributed by atoms with E-state index in [-0.39, 0.29) is 6.42 Å². The highest BCUT2D eigenvalue weighted by Crippen LogP contribution is 2.38. The van der Waals surface area contributed by atoms with Crippen molar-refractivity contribution in [3.8, 4) is 0 Å². The molecule has 1 aromatic heterocycles. The molecule has 1 unspecified atom stereocenters. The lowest BCUT2D eigenvalue weighted by atomic mass is 9.79. The van der Waals surface area contributed by atoms with Crippen LogP contribution in [0.15, 0.2) is 54.6 Å². The highest BCUT2D eigenvalue weighted by Gasteiger charge is 2.44. The van der Waals surface area contributed by atoms with Crippen molar-refractivity contribution in [3.63, 3.8) is 0 Å². The van der Waals surface area contributed by atoms with Crippen LogP contribution in [0.5, 0.6) is 0 Å². The van der Waals surface area contributed by atoms with E-state index in [9.17, 15) is 18.0 Å². The van der Waals surface area contributed by atoms with Crippen LogP contribution in [0, 0.1) is 12.3 Å². The Kier molecular flexibility index (Phi) is 5.85. The molecule has 0 spiro atoms. The lowest BCUT2D eigenvalue weighted by molar-refractivity contribution is -0.164. The first-order chi connectivity index (χ1) is 13.6. The SMILES string of the molecule is Cc1nc2c(Cl)cccc2cc1NC(=O)C(C)(Cc1ccccc1)CC(F)(F)F. The minimum absolute atomic E-state index is 0.0366. The third kappa shape index (κ3) is 5.07. The fraction of sp³-hybridized carbons (Fsp3) is 0.273. The zero-order valence-electron chi connectivity index (χ0n) is 16.0. The lowest BCUT2D eigenvalue weighted by Gasteiger charge is -2.30. The summed E-state index contributed by atoms with van der Waals surface area (Å²) in [6, 6.07) is 15.6. The van der Waals surface area contributed by atoms with Crippen LogP contribution in [0.4, 0.5) is 18.9 Å². The molecule has 0 aliphatic rings. The van der Waals surface area contributed by atoms with Crippen LogP contribution in [0.25, 0.3) is 10.9 Å². The Bertz CT molecular complexity index is 1040. The molecule has 0 aliphatic heterocycles. The summed E-state index contributed by atoms with van der Waals surface area (Å²) in [4.78, 5) is 17.4. The second kappa shape index (κ2) is 8.03. The van der Waals surface area contributed by atoms with Gasteiger partial charge in [-0.15, -0.1) is 0 Å². The zero-order valence-corrected chi connectivity index (χ0v) is 16.7.